The molecule has 0 bridgehead atoms. The Balaban J connectivity index is 1.88. The van der Waals surface area contributed by atoms with Crippen LogP contribution in [0.25, 0.3) is 5.69 Å². The van der Waals surface area contributed by atoms with Crippen LogP contribution in [0, 0.1) is 0 Å². The molecule has 6 nitrogen and oxygen atoms in total. The van der Waals surface area contributed by atoms with Gasteiger partial charge in [-0.15, -0.1) is 0 Å². The molecule has 1 aromatic carbocycles. The van der Waals surface area contributed by atoms with Crippen molar-refractivity contribution >= 4 is 5.69 Å². The fourth-order valence-electron chi connectivity index (χ4n) is 1.97. The molecule has 1 N–H and O–H groups in total. The van der Waals surface area contributed by atoms with Crippen LogP contribution in [0.1, 0.15) is 18.7 Å². The molecule has 1 unspecified atom stereocenters. The summed E-state index contributed by atoms with van der Waals surface area (Å²) < 4.78 is 1.73. The predicted molar refractivity (Wildman–Crippen MR) is 75.4 cm³/mol. The van der Waals surface area contributed by atoms with E-state index in [9.17, 15) is 0 Å². The molecule has 0 aliphatic rings. The lowest BCUT2D eigenvalue weighted by Crippen LogP contribution is -2.11. The summed E-state index contributed by atoms with van der Waals surface area (Å²) in [6.07, 6.45) is 8.31. The summed E-state index contributed by atoms with van der Waals surface area (Å²) in [6.45, 7) is 2.04. The molecular formula is C14H14N6. The molecule has 0 spiro atoms. The van der Waals surface area contributed by atoms with Crippen molar-refractivity contribution in [3.63, 3.8) is 0 Å². The molecule has 0 amide bonds. The van der Waals surface area contributed by atoms with Gasteiger partial charge in [-0.05, 0) is 19.1 Å². The van der Waals surface area contributed by atoms with Gasteiger partial charge in [0, 0.05) is 12.4 Å². The standard InChI is InChI=1S/C14H14N6/c1-11(13-8-15-6-7-17-13)19-12-4-2-3-5-14(12)20-10-16-9-18-20/h2-11,19H,1H3. The summed E-state index contributed by atoms with van der Waals surface area (Å²) in [5.74, 6) is 0. The largest absolute Gasteiger partial charge is 0.375 e. The topological polar surface area (TPSA) is 68.5 Å². The van der Waals surface area contributed by atoms with Crippen molar-refractivity contribution in [3.8, 4) is 5.69 Å². The van der Waals surface area contributed by atoms with Crippen molar-refractivity contribution in [1.82, 2.24) is 24.7 Å². The van der Waals surface area contributed by atoms with Gasteiger partial charge in [-0.2, -0.15) is 5.10 Å². The lowest BCUT2D eigenvalue weighted by Gasteiger charge is -2.17. The monoisotopic (exact) mass is 266 g/mol. The van der Waals surface area contributed by atoms with Crippen LogP contribution in [0.3, 0.4) is 0 Å². The van der Waals surface area contributed by atoms with E-state index in [-0.39, 0.29) is 6.04 Å². The number of hydrogen-bond acceptors (Lipinski definition) is 5. The molecule has 6 heteroatoms. The maximum atomic E-state index is 4.31. The molecule has 0 aliphatic carbocycles. The Hall–Kier alpha value is -2.76. The van der Waals surface area contributed by atoms with Crippen LogP contribution in [0.15, 0.2) is 55.5 Å². The summed E-state index contributed by atoms with van der Waals surface area (Å²) in [6, 6.07) is 7.99. The minimum Gasteiger partial charge on any atom is -0.375 e. The molecule has 20 heavy (non-hydrogen) atoms. The highest BCUT2D eigenvalue weighted by Gasteiger charge is 2.10. The fourth-order valence-corrected chi connectivity index (χ4v) is 1.97. The number of rotatable bonds is 4. The average molecular weight is 266 g/mol. The molecule has 3 aromatic rings. The van der Waals surface area contributed by atoms with E-state index in [1.54, 1.807) is 29.6 Å². The second-order valence-corrected chi connectivity index (χ2v) is 4.35. The molecule has 0 radical (unpaired) electrons. The molecular weight excluding hydrogens is 252 g/mol. The van der Waals surface area contributed by atoms with Crippen molar-refractivity contribution in [2.75, 3.05) is 5.32 Å². The van der Waals surface area contributed by atoms with Crippen LogP contribution in [-0.2, 0) is 0 Å². The first-order valence-corrected chi connectivity index (χ1v) is 6.31. The van der Waals surface area contributed by atoms with Crippen LogP contribution in [-0.4, -0.2) is 24.7 Å². The van der Waals surface area contributed by atoms with Gasteiger partial charge in [0.25, 0.3) is 0 Å². The van der Waals surface area contributed by atoms with Crippen LogP contribution in [0.2, 0.25) is 0 Å². The summed E-state index contributed by atoms with van der Waals surface area (Å²) in [7, 11) is 0. The minimum absolute atomic E-state index is 0.0494. The SMILES string of the molecule is CC(Nc1ccccc1-n1cncn1)c1cnccn1. The van der Waals surface area contributed by atoms with Crippen molar-refractivity contribution in [3.05, 3.63) is 61.2 Å². The molecule has 2 heterocycles. The Morgan fingerprint density at radius 2 is 2.05 bits per heavy atom. The Bertz CT molecular complexity index is 665. The van der Waals surface area contributed by atoms with Gasteiger partial charge in [-0.25, -0.2) is 9.67 Å². The lowest BCUT2D eigenvalue weighted by molar-refractivity contribution is 0.817. The van der Waals surface area contributed by atoms with Gasteiger partial charge in [0.2, 0.25) is 0 Å². The van der Waals surface area contributed by atoms with Gasteiger partial charge in [0.1, 0.15) is 12.7 Å². The first-order valence-electron chi connectivity index (χ1n) is 6.31. The highest BCUT2D eigenvalue weighted by molar-refractivity contribution is 5.61. The van der Waals surface area contributed by atoms with Crippen LogP contribution in [0.5, 0.6) is 0 Å². The van der Waals surface area contributed by atoms with Crippen molar-refractivity contribution < 1.29 is 0 Å². The highest BCUT2D eigenvalue weighted by atomic mass is 15.3. The van der Waals surface area contributed by atoms with E-state index in [1.165, 1.54) is 6.33 Å². The normalized spacial score (nSPS) is 12.1. The second kappa shape index (κ2) is 5.48. The van der Waals surface area contributed by atoms with Crippen molar-refractivity contribution in [1.29, 1.82) is 0 Å². The molecule has 0 saturated heterocycles. The number of hydrogen-bond donors (Lipinski definition) is 1. The maximum absolute atomic E-state index is 4.31. The third-order valence-electron chi connectivity index (χ3n) is 2.97. The first kappa shape index (κ1) is 12.3. The lowest BCUT2D eigenvalue weighted by atomic mass is 10.2. The zero-order chi connectivity index (χ0) is 13.8. The molecule has 2 aromatic heterocycles. The van der Waals surface area contributed by atoms with Gasteiger partial charge in [0.15, 0.2) is 0 Å². The van der Waals surface area contributed by atoms with Crippen LogP contribution < -0.4 is 5.32 Å². The quantitative estimate of drug-likeness (QED) is 0.784. The smallest absolute Gasteiger partial charge is 0.138 e. The van der Waals surface area contributed by atoms with E-state index in [4.69, 9.17) is 0 Å². The van der Waals surface area contributed by atoms with Gasteiger partial charge in [0.05, 0.1) is 29.3 Å². The van der Waals surface area contributed by atoms with Gasteiger partial charge in [-0.1, -0.05) is 12.1 Å². The van der Waals surface area contributed by atoms with E-state index in [0.29, 0.717) is 0 Å². The molecule has 100 valence electrons. The minimum atomic E-state index is 0.0494. The predicted octanol–water partition coefficient (Wildman–Crippen LogP) is 2.23. The van der Waals surface area contributed by atoms with E-state index in [2.05, 4.69) is 25.4 Å². The molecule has 0 saturated carbocycles. The second-order valence-electron chi connectivity index (χ2n) is 4.35. The Labute approximate surface area is 116 Å². The maximum Gasteiger partial charge on any atom is 0.138 e. The third kappa shape index (κ3) is 2.49. The molecule has 3 rings (SSSR count). The summed E-state index contributed by atoms with van der Waals surface area (Å²) >= 11 is 0. The number of benzene rings is 1. The molecule has 1 atom stereocenters. The highest BCUT2D eigenvalue weighted by Crippen LogP contribution is 2.23. The van der Waals surface area contributed by atoms with Gasteiger partial charge >= 0.3 is 0 Å². The summed E-state index contributed by atoms with van der Waals surface area (Å²) in [5, 5.41) is 7.59. The number of para-hydroxylation sites is 2. The Kier molecular flexibility index (Phi) is 3.36. The van der Waals surface area contributed by atoms with Crippen LogP contribution >= 0.6 is 0 Å². The Morgan fingerprint density at radius 3 is 2.80 bits per heavy atom. The summed E-state index contributed by atoms with van der Waals surface area (Å²) in [4.78, 5) is 12.4. The van der Waals surface area contributed by atoms with Crippen LogP contribution in [0.4, 0.5) is 5.69 Å². The number of aromatic nitrogens is 5. The van der Waals surface area contributed by atoms with E-state index >= 15 is 0 Å². The average Bonchev–Trinajstić information content (AvgIpc) is 3.03. The van der Waals surface area contributed by atoms with Crippen molar-refractivity contribution in [2.24, 2.45) is 0 Å². The van der Waals surface area contributed by atoms with E-state index < -0.39 is 0 Å². The number of anilines is 1. The number of nitrogens with one attached hydrogen (secondary N) is 1. The van der Waals surface area contributed by atoms with Gasteiger partial charge in [-0.3, -0.25) is 9.97 Å². The van der Waals surface area contributed by atoms with Crippen molar-refractivity contribution in [2.45, 2.75) is 13.0 Å². The first-order chi connectivity index (χ1) is 9.84. The third-order valence-corrected chi connectivity index (χ3v) is 2.97. The zero-order valence-corrected chi connectivity index (χ0v) is 11.0. The number of nitrogens with zero attached hydrogens (tertiary/aromatic N) is 5. The molecule has 0 aliphatic heterocycles. The van der Waals surface area contributed by atoms with Gasteiger partial charge < -0.3 is 5.32 Å². The summed E-state index contributed by atoms with van der Waals surface area (Å²) in [5.41, 5.74) is 2.80. The van der Waals surface area contributed by atoms with E-state index in [1.807, 2.05) is 31.2 Å². The van der Waals surface area contributed by atoms with E-state index in [0.717, 1.165) is 17.1 Å². The fraction of sp³-hybridized carbons (Fsp3) is 0.143. The Morgan fingerprint density at radius 1 is 1.15 bits per heavy atom. The zero-order valence-electron chi connectivity index (χ0n) is 11.0. The molecule has 0 fully saturated rings.